The minimum Gasteiger partial charge on any atom is -0.482 e. The molecule has 0 unspecified atom stereocenters. The van der Waals surface area contributed by atoms with Gasteiger partial charge in [0.15, 0.2) is 6.61 Å². The van der Waals surface area contributed by atoms with E-state index < -0.39 is 0 Å². The van der Waals surface area contributed by atoms with Crippen molar-refractivity contribution in [3.05, 3.63) is 66.7 Å². The van der Waals surface area contributed by atoms with Gasteiger partial charge in [0, 0.05) is 5.69 Å². The van der Waals surface area contributed by atoms with Crippen molar-refractivity contribution in [2.75, 3.05) is 11.9 Å². The van der Waals surface area contributed by atoms with Crippen LogP contribution in [0, 0.1) is 0 Å². The molecule has 0 saturated heterocycles. The third-order valence-corrected chi connectivity index (χ3v) is 4.28. The van der Waals surface area contributed by atoms with Gasteiger partial charge in [-0.05, 0) is 42.2 Å². The van der Waals surface area contributed by atoms with E-state index in [9.17, 15) is 4.79 Å². The van der Waals surface area contributed by atoms with E-state index in [1.807, 2.05) is 42.5 Å². The molecule has 6 nitrogen and oxygen atoms in total. The molecule has 1 heterocycles. The lowest BCUT2D eigenvalue weighted by Crippen LogP contribution is -2.20. The number of nitrogens with zero attached hydrogens (tertiary/aromatic N) is 3. The molecular weight excluding hydrogens is 328 g/mol. The molecule has 2 aromatic carbocycles. The van der Waals surface area contributed by atoms with Crippen LogP contribution in [0.2, 0.25) is 0 Å². The van der Waals surface area contributed by atoms with Crippen LogP contribution in [0.25, 0.3) is 5.69 Å². The van der Waals surface area contributed by atoms with E-state index in [4.69, 9.17) is 4.74 Å². The summed E-state index contributed by atoms with van der Waals surface area (Å²) in [7, 11) is 0. The predicted octanol–water partition coefficient (Wildman–Crippen LogP) is 3.80. The number of amides is 1. The van der Waals surface area contributed by atoms with Crippen molar-refractivity contribution in [2.24, 2.45) is 0 Å². The van der Waals surface area contributed by atoms with Gasteiger partial charge in [-0.3, -0.25) is 9.36 Å². The van der Waals surface area contributed by atoms with E-state index in [-0.39, 0.29) is 12.5 Å². The number of rotatable bonds is 7. The molecule has 6 heteroatoms. The standard InChI is InChI=1S/C20H22N4O2/c1-3-15(2)16-9-10-19(18(11-16)24-13-21-22-14-24)26-12-20(25)23-17-7-5-4-6-8-17/h4-11,13-15H,3,12H2,1-2H3,(H,23,25)/t15-/m1/s1. The number of carbonyl (C=O) groups is 1. The van der Waals surface area contributed by atoms with Gasteiger partial charge in [0.05, 0.1) is 5.69 Å². The van der Waals surface area contributed by atoms with Crippen molar-refractivity contribution in [3.8, 4) is 11.4 Å². The monoisotopic (exact) mass is 350 g/mol. The van der Waals surface area contributed by atoms with E-state index >= 15 is 0 Å². The Morgan fingerprint density at radius 2 is 1.88 bits per heavy atom. The first-order valence-electron chi connectivity index (χ1n) is 8.64. The third kappa shape index (κ3) is 4.27. The molecule has 134 valence electrons. The van der Waals surface area contributed by atoms with Crippen molar-refractivity contribution in [2.45, 2.75) is 26.2 Å². The summed E-state index contributed by atoms with van der Waals surface area (Å²) in [6, 6.07) is 15.3. The molecule has 0 saturated carbocycles. The van der Waals surface area contributed by atoms with E-state index in [2.05, 4.69) is 35.4 Å². The van der Waals surface area contributed by atoms with Gasteiger partial charge in [-0.2, -0.15) is 0 Å². The van der Waals surface area contributed by atoms with Gasteiger partial charge in [0.2, 0.25) is 0 Å². The second-order valence-electron chi connectivity index (χ2n) is 6.11. The molecule has 0 bridgehead atoms. The number of nitrogens with one attached hydrogen (secondary N) is 1. The first kappa shape index (κ1) is 17.7. The Hall–Kier alpha value is -3.15. The Morgan fingerprint density at radius 1 is 1.15 bits per heavy atom. The van der Waals surface area contributed by atoms with Crippen molar-refractivity contribution < 1.29 is 9.53 Å². The number of carbonyl (C=O) groups excluding carboxylic acids is 1. The Labute approximate surface area is 152 Å². The highest BCUT2D eigenvalue weighted by molar-refractivity contribution is 5.91. The summed E-state index contributed by atoms with van der Waals surface area (Å²) in [6.07, 6.45) is 4.28. The maximum absolute atomic E-state index is 12.1. The van der Waals surface area contributed by atoms with E-state index in [1.54, 1.807) is 17.2 Å². The second-order valence-corrected chi connectivity index (χ2v) is 6.11. The Kier molecular flexibility index (Phi) is 5.63. The molecule has 1 atom stereocenters. The van der Waals surface area contributed by atoms with Crippen LogP contribution >= 0.6 is 0 Å². The molecular formula is C20H22N4O2. The van der Waals surface area contributed by atoms with Crippen LogP contribution in [0.4, 0.5) is 5.69 Å². The molecule has 3 rings (SSSR count). The molecule has 0 aliphatic heterocycles. The molecule has 0 fully saturated rings. The highest BCUT2D eigenvalue weighted by Gasteiger charge is 2.12. The summed E-state index contributed by atoms with van der Waals surface area (Å²) in [5.41, 5.74) is 2.77. The van der Waals surface area contributed by atoms with Crippen LogP contribution in [0.1, 0.15) is 31.7 Å². The minimum atomic E-state index is -0.211. The minimum absolute atomic E-state index is 0.0767. The highest BCUT2D eigenvalue weighted by Crippen LogP contribution is 2.28. The fourth-order valence-corrected chi connectivity index (χ4v) is 2.59. The first-order valence-corrected chi connectivity index (χ1v) is 8.64. The van der Waals surface area contributed by atoms with Crippen LogP contribution in [0.15, 0.2) is 61.2 Å². The zero-order valence-corrected chi connectivity index (χ0v) is 14.9. The molecule has 0 aliphatic carbocycles. The third-order valence-electron chi connectivity index (χ3n) is 4.28. The highest BCUT2D eigenvalue weighted by atomic mass is 16.5. The lowest BCUT2D eigenvalue weighted by atomic mass is 9.98. The number of benzene rings is 2. The molecule has 0 aliphatic rings. The molecule has 1 N–H and O–H groups in total. The summed E-state index contributed by atoms with van der Waals surface area (Å²) in [6.45, 7) is 4.26. The van der Waals surface area contributed by atoms with Crippen LogP contribution < -0.4 is 10.1 Å². The Balaban J connectivity index is 1.75. The molecule has 26 heavy (non-hydrogen) atoms. The number of ether oxygens (including phenoxy) is 1. The topological polar surface area (TPSA) is 69.0 Å². The van der Waals surface area contributed by atoms with Crippen LogP contribution in [0.5, 0.6) is 5.75 Å². The van der Waals surface area contributed by atoms with Gasteiger partial charge in [-0.25, -0.2) is 0 Å². The van der Waals surface area contributed by atoms with Gasteiger partial charge in [-0.15, -0.1) is 10.2 Å². The van der Waals surface area contributed by atoms with Gasteiger partial charge in [0.25, 0.3) is 5.91 Å². The van der Waals surface area contributed by atoms with Crippen molar-refractivity contribution in [1.29, 1.82) is 0 Å². The molecule has 1 aromatic heterocycles. The van der Waals surface area contributed by atoms with E-state index in [0.29, 0.717) is 11.7 Å². The number of hydrogen-bond acceptors (Lipinski definition) is 4. The molecule has 0 radical (unpaired) electrons. The van der Waals surface area contributed by atoms with Crippen molar-refractivity contribution in [1.82, 2.24) is 14.8 Å². The molecule has 1 amide bonds. The smallest absolute Gasteiger partial charge is 0.262 e. The van der Waals surface area contributed by atoms with Crippen molar-refractivity contribution in [3.63, 3.8) is 0 Å². The zero-order chi connectivity index (χ0) is 18.4. The lowest BCUT2D eigenvalue weighted by molar-refractivity contribution is -0.118. The summed E-state index contributed by atoms with van der Waals surface area (Å²) in [4.78, 5) is 12.1. The average molecular weight is 350 g/mol. The number of aromatic nitrogens is 3. The van der Waals surface area contributed by atoms with Gasteiger partial charge >= 0.3 is 0 Å². The summed E-state index contributed by atoms with van der Waals surface area (Å²) >= 11 is 0. The van der Waals surface area contributed by atoms with Crippen LogP contribution in [0.3, 0.4) is 0 Å². The quantitative estimate of drug-likeness (QED) is 0.704. The predicted molar refractivity (Wildman–Crippen MR) is 101 cm³/mol. The second kappa shape index (κ2) is 8.29. The maximum atomic E-state index is 12.1. The Bertz CT molecular complexity index is 848. The van der Waals surface area contributed by atoms with E-state index in [1.165, 1.54) is 5.56 Å². The number of hydrogen-bond donors (Lipinski definition) is 1. The molecule has 0 spiro atoms. The number of anilines is 1. The summed E-state index contributed by atoms with van der Waals surface area (Å²) < 4.78 is 7.56. The normalized spacial score (nSPS) is 11.8. The van der Waals surface area contributed by atoms with Gasteiger partial charge in [-0.1, -0.05) is 38.1 Å². The maximum Gasteiger partial charge on any atom is 0.262 e. The fourth-order valence-electron chi connectivity index (χ4n) is 2.59. The van der Waals surface area contributed by atoms with Crippen molar-refractivity contribution >= 4 is 11.6 Å². The lowest BCUT2D eigenvalue weighted by Gasteiger charge is -2.16. The Morgan fingerprint density at radius 3 is 2.58 bits per heavy atom. The SMILES string of the molecule is CC[C@@H](C)c1ccc(OCC(=O)Nc2ccccc2)c(-n2cnnc2)c1. The summed E-state index contributed by atoms with van der Waals surface area (Å²) in [5.74, 6) is 0.831. The van der Waals surface area contributed by atoms with Crippen LogP contribution in [-0.4, -0.2) is 27.3 Å². The number of para-hydroxylation sites is 1. The zero-order valence-electron chi connectivity index (χ0n) is 14.9. The van der Waals surface area contributed by atoms with Crippen LogP contribution in [-0.2, 0) is 4.79 Å². The first-order chi connectivity index (χ1) is 12.7. The van der Waals surface area contributed by atoms with Gasteiger partial charge < -0.3 is 10.1 Å². The fraction of sp³-hybridized carbons (Fsp3) is 0.250. The van der Waals surface area contributed by atoms with Gasteiger partial charge in [0.1, 0.15) is 18.4 Å². The summed E-state index contributed by atoms with van der Waals surface area (Å²) in [5, 5.41) is 10.5. The largest absolute Gasteiger partial charge is 0.482 e. The average Bonchev–Trinajstić information content (AvgIpc) is 3.21. The molecule has 3 aromatic rings. The van der Waals surface area contributed by atoms with E-state index in [0.717, 1.165) is 17.8 Å².